The lowest BCUT2D eigenvalue weighted by molar-refractivity contribution is -0.0223. The lowest BCUT2D eigenvalue weighted by atomic mass is 10.2. The molecule has 0 fully saturated rings. The Labute approximate surface area is 278 Å². The van der Waals surface area contributed by atoms with Gasteiger partial charge in [0.25, 0.3) is 20.2 Å². The first-order valence-corrected chi connectivity index (χ1v) is 17.6. The highest BCUT2D eigenvalue weighted by molar-refractivity contribution is 7.86. The zero-order valence-corrected chi connectivity index (χ0v) is 28.7. The Morgan fingerprint density at radius 2 is 0.596 bits per heavy atom. The first kappa shape index (κ1) is 44.9. The molecule has 2 aromatic carbocycles. The van der Waals surface area contributed by atoms with E-state index in [-0.39, 0.29) is 23.0 Å². The minimum Gasteiger partial charge on any atom is -0.394 e. The minimum atomic E-state index is -4.02. The van der Waals surface area contributed by atoms with Gasteiger partial charge in [0.1, 0.15) is 0 Å². The molecule has 0 unspecified atom stereocenters. The van der Waals surface area contributed by atoms with Crippen molar-refractivity contribution in [2.45, 2.75) is 23.6 Å². The monoisotopic (exact) mass is 714 g/mol. The molecule has 47 heavy (non-hydrogen) atoms. The van der Waals surface area contributed by atoms with Crippen molar-refractivity contribution in [3.05, 3.63) is 59.7 Å². The summed E-state index contributed by atoms with van der Waals surface area (Å²) in [5, 5.41) is 17.0. The molecule has 0 aliphatic heterocycles. The van der Waals surface area contributed by atoms with Gasteiger partial charge in [-0.2, -0.15) is 16.8 Å². The maximum absolute atomic E-state index is 10.5. The summed E-state index contributed by atoms with van der Waals surface area (Å²) in [6.45, 7) is 10.5. The van der Waals surface area contributed by atoms with Gasteiger partial charge in [0.15, 0.2) is 0 Å². The van der Waals surface area contributed by atoms with Crippen LogP contribution in [-0.4, -0.2) is 142 Å². The van der Waals surface area contributed by atoms with Crippen molar-refractivity contribution < 1.29 is 69.3 Å². The molecule has 17 heteroatoms. The zero-order valence-electron chi connectivity index (χ0n) is 27.0. The molecule has 0 bridgehead atoms. The second kappa shape index (κ2) is 28.9. The molecule has 4 N–H and O–H groups in total. The van der Waals surface area contributed by atoms with Gasteiger partial charge < -0.3 is 43.4 Å². The molecule has 15 nitrogen and oxygen atoms in total. The number of hydrogen-bond donors (Lipinski definition) is 4. The standard InChI is InChI=1S/C16H34O9.2C7H8O3S/c17-1-3-19-5-7-21-9-11-23-13-15-25-16-14-24-12-10-22-8-6-20-4-2-18;2*1-6-2-4-7(5-3-6)11(8,9)10/h17-18H,1-16H2;2*2-5H,1H3,(H,8,9,10). The molecule has 0 aromatic heterocycles. The van der Waals surface area contributed by atoms with Crippen LogP contribution < -0.4 is 0 Å². The zero-order chi connectivity index (χ0) is 35.2. The van der Waals surface area contributed by atoms with Crippen LogP contribution in [0, 0.1) is 13.8 Å². The number of rotatable bonds is 24. The topological polar surface area (TPSA) is 214 Å². The normalized spacial score (nSPS) is 11.4. The lowest BCUT2D eigenvalue weighted by Crippen LogP contribution is -2.14. The summed E-state index contributed by atoms with van der Waals surface area (Å²) in [6, 6.07) is 12.0. The van der Waals surface area contributed by atoms with Gasteiger partial charge in [0.2, 0.25) is 0 Å². The molecule has 2 rings (SSSR count). The second-order valence-electron chi connectivity index (χ2n) is 9.31. The minimum absolute atomic E-state index is 0.0312. The number of ether oxygens (including phenoxy) is 7. The van der Waals surface area contributed by atoms with E-state index in [4.69, 9.17) is 52.5 Å². The number of aryl methyl sites for hydroxylation is 2. The van der Waals surface area contributed by atoms with Crippen LogP contribution in [0.5, 0.6) is 0 Å². The predicted octanol–water partition coefficient (Wildman–Crippen LogP) is 1.57. The van der Waals surface area contributed by atoms with E-state index in [9.17, 15) is 16.8 Å². The number of aliphatic hydroxyl groups is 2. The SMILES string of the molecule is Cc1ccc(S(=O)(=O)O)cc1.Cc1ccc(S(=O)(=O)O)cc1.OCCOCCOCCOCCOCCOCCOCCOCCO. The Hall–Kier alpha value is -2.10. The van der Waals surface area contributed by atoms with E-state index in [2.05, 4.69) is 0 Å². The predicted molar refractivity (Wildman–Crippen MR) is 172 cm³/mol. The average Bonchev–Trinajstić information content (AvgIpc) is 3.02. The summed E-state index contributed by atoms with van der Waals surface area (Å²) in [6.07, 6.45) is 0. The molecule has 272 valence electrons. The molecular weight excluding hydrogens is 664 g/mol. The smallest absolute Gasteiger partial charge is 0.294 e. The molecule has 0 saturated heterocycles. The fraction of sp³-hybridized carbons (Fsp3) is 0.600. The highest BCUT2D eigenvalue weighted by Gasteiger charge is 2.07. The Bertz CT molecular complexity index is 1110. The van der Waals surface area contributed by atoms with Gasteiger partial charge >= 0.3 is 0 Å². The van der Waals surface area contributed by atoms with Gasteiger partial charge in [-0.25, -0.2) is 0 Å². The summed E-state index contributed by atoms with van der Waals surface area (Å²) in [5.41, 5.74) is 1.91. The fourth-order valence-corrected chi connectivity index (χ4v) is 3.93. The third kappa shape index (κ3) is 28.6. The second-order valence-corrected chi connectivity index (χ2v) is 12.2. The van der Waals surface area contributed by atoms with Crippen LogP contribution in [0.15, 0.2) is 58.3 Å². The molecule has 0 radical (unpaired) electrons. The van der Waals surface area contributed by atoms with E-state index in [1.807, 2.05) is 13.8 Å². The third-order valence-electron chi connectivity index (χ3n) is 5.34. The van der Waals surface area contributed by atoms with Crippen molar-refractivity contribution in [2.24, 2.45) is 0 Å². The molecule has 0 heterocycles. The van der Waals surface area contributed by atoms with Crippen molar-refractivity contribution in [1.82, 2.24) is 0 Å². The van der Waals surface area contributed by atoms with Crippen molar-refractivity contribution in [1.29, 1.82) is 0 Å². The van der Waals surface area contributed by atoms with Crippen LogP contribution >= 0.6 is 0 Å². The van der Waals surface area contributed by atoms with Gasteiger partial charge in [-0.15, -0.1) is 0 Å². The molecule has 0 aliphatic rings. The molecule has 0 saturated carbocycles. The van der Waals surface area contributed by atoms with Crippen molar-refractivity contribution in [3.8, 4) is 0 Å². The van der Waals surface area contributed by atoms with Crippen LogP contribution in [0.2, 0.25) is 0 Å². The first-order chi connectivity index (χ1) is 22.4. The van der Waals surface area contributed by atoms with Crippen molar-refractivity contribution in [2.75, 3.05) is 106 Å². The largest absolute Gasteiger partial charge is 0.394 e. The van der Waals surface area contributed by atoms with Crippen molar-refractivity contribution in [3.63, 3.8) is 0 Å². The molecular formula is C30H50O15S2. The number of benzene rings is 2. The van der Waals surface area contributed by atoms with E-state index in [1.54, 1.807) is 24.3 Å². The quantitative estimate of drug-likeness (QED) is 0.0897. The average molecular weight is 715 g/mol. The lowest BCUT2D eigenvalue weighted by Gasteiger charge is -2.08. The maximum atomic E-state index is 10.5. The van der Waals surface area contributed by atoms with Gasteiger partial charge in [0, 0.05) is 0 Å². The Kier molecular flexibility index (Phi) is 27.6. The number of aliphatic hydroxyl groups excluding tert-OH is 2. The Morgan fingerprint density at radius 3 is 0.766 bits per heavy atom. The maximum Gasteiger partial charge on any atom is 0.294 e. The molecule has 2 aromatic rings. The van der Waals surface area contributed by atoms with Gasteiger partial charge in [-0.3, -0.25) is 9.11 Å². The molecule has 0 amide bonds. The first-order valence-electron chi connectivity index (χ1n) is 14.8. The summed E-state index contributed by atoms with van der Waals surface area (Å²) >= 11 is 0. The summed E-state index contributed by atoms with van der Waals surface area (Å²) < 4.78 is 95.8. The van der Waals surface area contributed by atoms with Crippen LogP contribution in [0.4, 0.5) is 0 Å². The van der Waals surface area contributed by atoms with E-state index in [0.29, 0.717) is 92.5 Å². The highest BCUT2D eigenvalue weighted by Crippen LogP contribution is 2.09. The van der Waals surface area contributed by atoms with Crippen LogP contribution in [0.1, 0.15) is 11.1 Å². The van der Waals surface area contributed by atoms with Crippen LogP contribution in [0.25, 0.3) is 0 Å². The van der Waals surface area contributed by atoms with Crippen molar-refractivity contribution >= 4 is 20.2 Å². The van der Waals surface area contributed by atoms with E-state index < -0.39 is 20.2 Å². The molecule has 0 aliphatic carbocycles. The van der Waals surface area contributed by atoms with E-state index >= 15 is 0 Å². The number of hydrogen-bond acceptors (Lipinski definition) is 13. The Balaban J connectivity index is 0.000000783. The summed E-state index contributed by atoms with van der Waals surface area (Å²) in [7, 11) is -8.04. The van der Waals surface area contributed by atoms with E-state index in [1.165, 1.54) is 24.3 Å². The summed E-state index contributed by atoms with van der Waals surface area (Å²) in [5.74, 6) is 0. The summed E-state index contributed by atoms with van der Waals surface area (Å²) in [4.78, 5) is -0.133. The van der Waals surface area contributed by atoms with Gasteiger partial charge in [-0.05, 0) is 38.1 Å². The van der Waals surface area contributed by atoms with E-state index in [0.717, 1.165) is 11.1 Å². The molecule has 0 spiro atoms. The Morgan fingerprint density at radius 1 is 0.404 bits per heavy atom. The molecule has 0 atom stereocenters. The van der Waals surface area contributed by atoms with Gasteiger partial charge in [-0.1, -0.05) is 35.4 Å². The van der Waals surface area contributed by atoms with Crippen LogP contribution in [-0.2, 0) is 53.4 Å². The third-order valence-corrected chi connectivity index (χ3v) is 7.08. The highest BCUT2D eigenvalue weighted by atomic mass is 32.2. The van der Waals surface area contributed by atoms with Gasteiger partial charge in [0.05, 0.1) is 116 Å². The fourth-order valence-electron chi connectivity index (χ4n) is 2.97. The van der Waals surface area contributed by atoms with Crippen LogP contribution in [0.3, 0.4) is 0 Å².